The summed E-state index contributed by atoms with van der Waals surface area (Å²) in [5.41, 5.74) is 2.15. The van der Waals surface area contributed by atoms with Gasteiger partial charge in [0, 0.05) is 49.9 Å². The number of halogens is 4. The Morgan fingerprint density at radius 1 is 1.00 bits per heavy atom. The number of carbonyl (C=O) groups excluding carboxylic acids is 1. The number of urea groups is 1. The van der Waals surface area contributed by atoms with Crippen molar-refractivity contribution in [1.82, 2.24) is 19.4 Å². The lowest BCUT2D eigenvalue weighted by atomic mass is 9.83. The largest absolute Gasteiger partial charge is 0.573 e. The molecule has 2 saturated heterocycles. The molecule has 0 bridgehead atoms. The molecule has 0 saturated carbocycles. The molecule has 2 amide bonds. The van der Waals surface area contributed by atoms with Gasteiger partial charge in [0.2, 0.25) is 0 Å². The zero-order valence-electron chi connectivity index (χ0n) is 20.5. The number of likely N-dealkylation sites (tertiary alicyclic amines) is 2. The lowest BCUT2D eigenvalue weighted by Crippen LogP contribution is -2.51. The van der Waals surface area contributed by atoms with Gasteiger partial charge in [0.25, 0.3) is 0 Å². The van der Waals surface area contributed by atoms with Crippen LogP contribution in [0.5, 0.6) is 5.75 Å². The van der Waals surface area contributed by atoms with Crippen molar-refractivity contribution in [2.45, 2.75) is 43.6 Å². The number of piperidine rings is 2. The summed E-state index contributed by atoms with van der Waals surface area (Å²) in [5.74, 6) is -0.958. The van der Waals surface area contributed by atoms with E-state index in [-0.39, 0.29) is 29.4 Å². The van der Waals surface area contributed by atoms with E-state index in [0.29, 0.717) is 51.1 Å². The summed E-state index contributed by atoms with van der Waals surface area (Å²) in [7, 11) is 0. The maximum Gasteiger partial charge on any atom is 0.573 e. The number of benzene rings is 2. The maximum absolute atomic E-state index is 13.7. The van der Waals surface area contributed by atoms with Gasteiger partial charge in [-0.2, -0.15) is 0 Å². The van der Waals surface area contributed by atoms with E-state index in [1.54, 1.807) is 45.0 Å². The zero-order chi connectivity index (χ0) is 26.9. The second-order valence-electron chi connectivity index (χ2n) is 9.84. The summed E-state index contributed by atoms with van der Waals surface area (Å²) in [6.07, 6.45) is -0.0937. The van der Waals surface area contributed by atoms with E-state index in [1.807, 2.05) is 6.20 Å². The number of hydrogen-bond donors (Lipinski definition) is 1. The Morgan fingerprint density at radius 3 is 2.39 bits per heavy atom. The first-order valence-corrected chi connectivity index (χ1v) is 12.5. The van der Waals surface area contributed by atoms with Gasteiger partial charge >= 0.3 is 12.4 Å². The third-order valence-corrected chi connectivity index (χ3v) is 7.17. The monoisotopic (exact) mass is 532 g/mol. The minimum atomic E-state index is -4.77. The SMILES string of the molecule is O=C(N1CCC(O)CC1)N1CC(c2ccc(OC(F)(F)F)cc2)CC(c2cn(-c3cccc(F)c3)cn2)C1. The molecule has 5 rings (SSSR count). The van der Waals surface area contributed by atoms with Gasteiger partial charge in [-0.05, 0) is 55.2 Å². The number of rotatable bonds is 4. The molecular formula is C27H28F4N4O3. The van der Waals surface area contributed by atoms with Crippen molar-refractivity contribution in [2.24, 2.45) is 0 Å². The molecule has 2 aliphatic rings. The number of amides is 2. The van der Waals surface area contributed by atoms with Gasteiger partial charge < -0.3 is 24.2 Å². The number of ether oxygens (including phenoxy) is 1. The molecule has 2 aliphatic heterocycles. The number of hydrogen-bond acceptors (Lipinski definition) is 4. The molecule has 3 heterocycles. The molecule has 0 radical (unpaired) electrons. The predicted octanol–water partition coefficient (Wildman–Crippen LogP) is 5.06. The van der Waals surface area contributed by atoms with E-state index < -0.39 is 12.5 Å². The van der Waals surface area contributed by atoms with E-state index >= 15 is 0 Å². The van der Waals surface area contributed by atoms with Crippen molar-refractivity contribution in [3.8, 4) is 11.4 Å². The topological polar surface area (TPSA) is 70.8 Å². The minimum Gasteiger partial charge on any atom is -0.406 e. The molecule has 2 unspecified atom stereocenters. The number of alkyl halides is 3. The second-order valence-corrected chi connectivity index (χ2v) is 9.84. The smallest absolute Gasteiger partial charge is 0.406 e. The Bertz CT molecular complexity index is 1260. The molecule has 0 spiro atoms. The van der Waals surface area contributed by atoms with Gasteiger partial charge in [0.1, 0.15) is 11.6 Å². The molecule has 2 fully saturated rings. The number of carbonyl (C=O) groups is 1. The van der Waals surface area contributed by atoms with Crippen molar-refractivity contribution >= 4 is 6.03 Å². The fourth-order valence-electron chi connectivity index (χ4n) is 5.24. The average molecular weight is 533 g/mol. The van der Waals surface area contributed by atoms with Crippen molar-refractivity contribution in [3.05, 3.63) is 78.1 Å². The Hall–Kier alpha value is -3.60. The van der Waals surface area contributed by atoms with Crippen LogP contribution >= 0.6 is 0 Å². The number of imidazole rings is 1. The van der Waals surface area contributed by atoms with Crippen LogP contribution in [0.2, 0.25) is 0 Å². The van der Waals surface area contributed by atoms with Crippen LogP contribution in [0.3, 0.4) is 0 Å². The van der Waals surface area contributed by atoms with E-state index in [9.17, 15) is 27.5 Å². The molecule has 1 N–H and O–H groups in total. The summed E-state index contributed by atoms with van der Waals surface area (Å²) in [6.45, 7) is 1.75. The highest BCUT2D eigenvalue weighted by Crippen LogP contribution is 2.37. The molecule has 0 aliphatic carbocycles. The van der Waals surface area contributed by atoms with Crippen LogP contribution < -0.4 is 4.74 Å². The van der Waals surface area contributed by atoms with Gasteiger partial charge in [0.15, 0.2) is 0 Å². The lowest BCUT2D eigenvalue weighted by Gasteiger charge is -2.41. The van der Waals surface area contributed by atoms with Crippen molar-refractivity contribution in [3.63, 3.8) is 0 Å². The number of aromatic nitrogens is 2. The summed E-state index contributed by atoms with van der Waals surface area (Å²) in [5, 5.41) is 9.84. The third-order valence-electron chi connectivity index (χ3n) is 7.17. The van der Waals surface area contributed by atoms with Gasteiger partial charge in [-0.25, -0.2) is 14.2 Å². The van der Waals surface area contributed by atoms with Gasteiger partial charge in [-0.3, -0.25) is 0 Å². The Balaban J connectivity index is 1.39. The molecule has 11 heteroatoms. The molecule has 38 heavy (non-hydrogen) atoms. The van der Waals surface area contributed by atoms with Crippen LogP contribution in [-0.4, -0.2) is 69.1 Å². The number of aliphatic hydroxyl groups is 1. The second kappa shape index (κ2) is 10.6. The van der Waals surface area contributed by atoms with Crippen LogP contribution in [0.1, 0.15) is 42.4 Å². The lowest BCUT2D eigenvalue weighted by molar-refractivity contribution is -0.274. The number of aliphatic hydroxyl groups excluding tert-OH is 1. The quantitative estimate of drug-likeness (QED) is 0.477. The summed E-state index contributed by atoms with van der Waals surface area (Å²) in [4.78, 5) is 21.5. The molecule has 202 valence electrons. The third kappa shape index (κ3) is 6.09. The highest BCUT2D eigenvalue weighted by molar-refractivity contribution is 5.75. The normalized spacial score (nSPS) is 21.0. The van der Waals surface area contributed by atoms with E-state index in [1.165, 1.54) is 24.3 Å². The van der Waals surface area contributed by atoms with Crippen LogP contribution in [0.4, 0.5) is 22.4 Å². The molecule has 2 atom stereocenters. The first kappa shape index (κ1) is 26.0. The first-order valence-electron chi connectivity index (χ1n) is 12.5. The van der Waals surface area contributed by atoms with Crippen molar-refractivity contribution in [1.29, 1.82) is 0 Å². The van der Waals surface area contributed by atoms with Crippen LogP contribution in [0.25, 0.3) is 5.69 Å². The molecular weight excluding hydrogens is 504 g/mol. The molecule has 7 nitrogen and oxygen atoms in total. The summed E-state index contributed by atoms with van der Waals surface area (Å²) >= 11 is 0. The van der Waals surface area contributed by atoms with Gasteiger partial charge in [-0.1, -0.05) is 18.2 Å². The predicted molar refractivity (Wildman–Crippen MR) is 131 cm³/mol. The maximum atomic E-state index is 13.7. The Morgan fingerprint density at radius 2 is 1.71 bits per heavy atom. The van der Waals surface area contributed by atoms with Crippen LogP contribution in [0, 0.1) is 5.82 Å². The van der Waals surface area contributed by atoms with Gasteiger partial charge in [-0.15, -0.1) is 13.2 Å². The van der Waals surface area contributed by atoms with Crippen LogP contribution in [-0.2, 0) is 0 Å². The Labute approximate surface area is 217 Å². The van der Waals surface area contributed by atoms with E-state index in [0.717, 1.165) is 11.3 Å². The van der Waals surface area contributed by atoms with E-state index in [4.69, 9.17) is 0 Å². The fourth-order valence-corrected chi connectivity index (χ4v) is 5.24. The highest BCUT2D eigenvalue weighted by Gasteiger charge is 2.36. The Kier molecular flexibility index (Phi) is 7.29. The minimum absolute atomic E-state index is 0.131. The van der Waals surface area contributed by atoms with Crippen molar-refractivity contribution in [2.75, 3.05) is 26.2 Å². The standard InChI is InChI=1S/C27H28F4N4O3/c28-21-2-1-3-22(13-21)35-16-25(32-17-35)20-12-19(18-4-6-24(7-5-18)38-27(29,30)31)14-34(15-20)26(37)33-10-8-23(36)9-11-33/h1-7,13,16-17,19-20,23,36H,8-12,14-15H2. The van der Waals surface area contributed by atoms with E-state index in [2.05, 4.69) is 9.72 Å². The first-order chi connectivity index (χ1) is 18.1. The molecule has 3 aromatic rings. The van der Waals surface area contributed by atoms with Gasteiger partial charge in [0.05, 0.1) is 18.1 Å². The fraction of sp³-hybridized carbons (Fsp3) is 0.407. The number of nitrogens with zero attached hydrogens (tertiary/aromatic N) is 4. The summed E-state index contributed by atoms with van der Waals surface area (Å²) in [6, 6.07) is 11.8. The molecule has 1 aromatic heterocycles. The molecule has 2 aromatic carbocycles. The summed E-state index contributed by atoms with van der Waals surface area (Å²) < 4.78 is 57.3. The zero-order valence-corrected chi connectivity index (χ0v) is 20.5. The van der Waals surface area contributed by atoms with Crippen molar-refractivity contribution < 1.29 is 32.2 Å². The highest BCUT2D eigenvalue weighted by atomic mass is 19.4. The van der Waals surface area contributed by atoms with Crippen LogP contribution in [0.15, 0.2) is 61.1 Å². The average Bonchev–Trinajstić information content (AvgIpc) is 3.39.